The van der Waals surface area contributed by atoms with Crippen molar-refractivity contribution in [1.29, 1.82) is 0 Å². The lowest BCUT2D eigenvalue weighted by molar-refractivity contribution is 0.0949. The normalized spacial score (nSPS) is 10.1. The van der Waals surface area contributed by atoms with Gasteiger partial charge in [-0.2, -0.15) is 0 Å². The fourth-order valence-corrected chi connectivity index (χ4v) is 1.79. The smallest absolute Gasteiger partial charge is 0.293 e. The van der Waals surface area contributed by atoms with Crippen LogP contribution in [0.15, 0.2) is 41.0 Å². The number of rotatable bonds is 3. The molecule has 1 amide bonds. The summed E-state index contributed by atoms with van der Waals surface area (Å²) >= 11 is 5.00. The average Bonchev–Trinajstić information content (AvgIpc) is 2.94. The highest BCUT2D eigenvalue weighted by atomic mass is 32.1. The van der Waals surface area contributed by atoms with E-state index in [0.29, 0.717) is 6.54 Å². The molecule has 1 aromatic carbocycles. The molecule has 0 saturated carbocycles. The maximum absolute atomic E-state index is 13.1. The first-order valence-corrected chi connectivity index (χ1v) is 6.35. The number of nitrogens with one attached hydrogen (secondary N) is 2. The fourth-order valence-electron chi connectivity index (χ4n) is 1.62. The Labute approximate surface area is 121 Å². The standard InChI is InChI=1S/C14H13FN2O2S/c1-9-4-5-11(15)7-10(9)8-16-14(20)17-13(18)12-3-2-6-19-12/h2-7H,8H2,1H3,(H2,16,17,18,20). The van der Waals surface area contributed by atoms with Crippen molar-refractivity contribution < 1.29 is 13.6 Å². The molecule has 6 heteroatoms. The van der Waals surface area contributed by atoms with Gasteiger partial charge in [-0.1, -0.05) is 6.07 Å². The van der Waals surface area contributed by atoms with Crippen LogP contribution in [0, 0.1) is 12.7 Å². The van der Waals surface area contributed by atoms with E-state index in [0.717, 1.165) is 11.1 Å². The summed E-state index contributed by atoms with van der Waals surface area (Å²) < 4.78 is 18.1. The molecule has 0 unspecified atom stereocenters. The zero-order valence-electron chi connectivity index (χ0n) is 10.8. The molecular weight excluding hydrogens is 279 g/mol. The van der Waals surface area contributed by atoms with Crippen LogP contribution in [0.2, 0.25) is 0 Å². The monoisotopic (exact) mass is 292 g/mol. The molecule has 0 atom stereocenters. The first-order valence-electron chi connectivity index (χ1n) is 5.94. The van der Waals surface area contributed by atoms with Crippen molar-refractivity contribution in [3.8, 4) is 0 Å². The maximum Gasteiger partial charge on any atom is 0.293 e. The molecule has 0 spiro atoms. The highest BCUT2D eigenvalue weighted by Gasteiger charge is 2.10. The molecule has 2 aromatic rings. The predicted octanol–water partition coefficient (Wildman–Crippen LogP) is 2.53. The van der Waals surface area contributed by atoms with Gasteiger partial charge in [0.1, 0.15) is 5.82 Å². The second-order valence-corrected chi connectivity index (χ2v) is 4.59. The van der Waals surface area contributed by atoms with Gasteiger partial charge in [0.2, 0.25) is 0 Å². The van der Waals surface area contributed by atoms with Crippen molar-refractivity contribution >= 4 is 23.2 Å². The summed E-state index contributed by atoms with van der Waals surface area (Å²) in [6, 6.07) is 7.67. The van der Waals surface area contributed by atoms with Crippen LogP contribution in [0.3, 0.4) is 0 Å². The number of carbonyl (C=O) groups is 1. The van der Waals surface area contributed by atoms with E-state index in [4.69, 9.17) is 16.6 Å². The lowest BCUT2D eigenvalue weighted by Crippen LogP contribution is -2.38. The Balaban J connectivity index is 1.89. The number of furan rings is 1. The van der Waals surface area contributed by atoms with Crippen LogP contribution in [-0.4, -0.2) is 11.0 Å². The number of thiocarbonyl (C=S) groups is 1. The molecule has 20 heavy (non-hydrogen) atoms. The summed E-state index contributed by atoms with van der Waals surface area (Å²) in [7, 11) is 0. The van der Waals surface area contributed by atoms with Crippen LogP contribution in [0.4, 0.5) is 4.39 Å². The number of benzene rings is 1. The minimum absolute atomic E-state index is 0.162. The third-order valence-corrected chi connectivity index (χ3v) is 2.97. The number of halogens is 1. The lowest BCUT2D eigenvalue weighted by atomic mass is 10.1. The SMILES string of the molecule is Cc1ccc(F)cc1CNC(=S)NC(=O)c1ccco1. The Morgan fingerprint density at radius 3 is 2.90 bits per heavy atom. The minimum Gasteiger partial charge on any atom is -0.459 e. The van der Waals surface area contributed by atoms with E-state index in [1.807, 2.05) is 6.92 Å². The summed E-state index contributed by atoms with van der Waals surface area (Å²) in [5.41, 5.74) is 1.72. The highest BCUT2D eigenvalue weighted by Crippen LogP contribution is 2.09. The van der Waals surface area contributed by atoms with Crippen molar-refractivity contribution in [2.45, 2.75) is 13.5 Å². The largest absolute Gasteiger partial charge is 0.459 e. The Bertz CT molecular complexity index is 626. The average molecular weight is 292 g/mol. The zero-order valence-corrected chi connectivity index (χ0v) is 11.6. The minimum atomic E-state index is -0.427. The van der Waals surface area contributed by atoms with Crippen LogP contribution in [0.25, 0.3) is 0 Å². The Morgan fingerprint density at radius 2 is 2.20 bits per heavy atom. The first kappa shape index (κ1) is 14.2. The van der Waals surface area contributed by atoms with Gasteiger partial charge in [-0.15, -0.1) is 0 Å². The molecule has 1 heterocycles. The molecule has 2 N–H and O–H groups in total. The van der Waals surface area contributed by atoms with Gasteiger partial charge in [0.15, 0.2) is 10.9 Å². The van der Waals surface area contributed by atoms with E-state index < -0.39 is 5.91 Å². The van der Waals surface area contributed by atoms with Crippen LogP contribution in [-0.2, 0) is 6.54 Å². The van der Waals surface area contributed by atoms with Crippen molar-refractivity contribution in [2.24, 2.45) is 0 Å². The van der Waals surface area contributed by atoms with Gasteiger partial charge < -0.3 is 9.73 Å². The van der Waals surface area contributed by atoms with E-state index >= 15 is 0 Å². The second-order valence-electron chi connectivity index (χ2n) is 4.18. The van der Waals surface area contributed by atoms with E-state index in [2.05, 4.69) is 10.6 Å². The number of hydrogen-bond donors (Lipinski definition) is 2. The van der Waals surface area contributed by atoms with Gasteiger partial charge in [0, 0.05) is 6.54 Å². The van der Waals surface area contributed by atoms with Crippen LogP contribution < -0.4 is 10.6 Å². The topological polar surface area (TPSA) is 54.3 Å². The molecule has 0 aliphatic carbocycles. The van der Waals surface area contributed by atoms with E-state index in [-0.39, 0.29) is 16.7 Å². The third kappa shape index (κ3) is 3.64. The molecular formula is C14H13FN2O2S. The Morgan fingerprint density at radius 1 is 1.40 bits per heavy atom. The van der Waals surface area contributed by atoms with E-state index in [1.165, 1.54) is 24.5 Å². The quantitative estimate of drug-likeness (QED) is 0.854. The van der Waals surface area contributed by atoms with Gasteiger partial charge in [-0.3, -0.25) is 10.1 Å². The highest BCUT2D eigenvalue weighted by molar-refractivity contribution is 7.80. The van der Waals surface area contributed by atoms with Gasteiger partial charge >= 0.3 is 0 Å². The van der Waals surface area contributed by atoms with Crippen LogP contribution >= 0.6 is 12.2 Å². The molecule has 0 saturated heterocycles. The summed E-state index contributed by atoms with van der Waals surface area (Å²) in [4.78, 5) is 11.7. The number of amides is 1. The van der Waals surface area contributed by atoms with Crippen LogP contribution in [0.5, 0.6) is 0 Å². The molecule has 0 aliphatic rings. The molecule has 2 rings (SSSR count). The summed E-state index contributed by atoms with van der Waals surface area (Å²) in [5, 5.41) is 5.49. The van der Waals surface area contributed by atoms with Crippen molar-refractivity contribution in [2.75, 3.05) is 0 Å². The summed E-state index contributed by atoms with van der Waals surface area (Å²) in [6.07, 6.45) is 1.40. The third-order valence-electron chi connectivity index (χ3n) is 2.72. The predicted molar refractivity (Wildman–Crippen MR) is 76.7 cm³/mol. The molecule has 0 fully saturated rings. The van der Waals surface area contributed by atoms with Gasteiger partial charge in [0.25, 0.3) is 5.91 Å². The summed E-state index contributed by atoms with van der Waals surface area (Å²) in [6.45, 7) is 2.21. The van der Waals surface area contributed by atoms with Crippen molar-refractivity contribution in [3.05, 3.63) is 59.3 Å². The molecule has 0 aliphatic heterocycles. The first-order chi connectivity index (χ1) is 9.56. The molecule has 1 aromatic heterocycles. The van der Waals surface area contributed by atoms with Gasteiger partial charge in [0.05, 0.1) is 6.26 Å². The summed E-state index contributed by atoms with van der Waals surface area (Å²) in [5.74, 6) is -0.558. The second kappa shape index (κ2) is 6.29. The van der Waals surface area contributed by atoms with E-state index in [9.17, 15) is 9.18 Å². The Kier molecular flexibility index (Phi) is 4.47. The van der Waals surface area contributed by atoms with Gasteiger partial charge in [-0.05, 0) is 54.5 Å². The van der Waals surface area contributed by atoms with Gasteiger partial charge in [-0.25, -0.2) is 4.39 Å². The molecule has 4 nitrogen and oxygen atoms in total. The van der Waals surface area contributed by atoms with Crippen molar-refractivity contribution in [1.82, 2.24) is 10.6 Å². The molecule has 0 bridgehead atoms. The maximum atomic E-state index is 13.1. The number of hydrogen-bond acceptors (Lipinski definition) is 3. The molecule has 0 radical (unpaired) electrons. The zero-order chi connectivity index (χ0) is 14.5. The number of carbonyl (C=O) groups excluding carboxylic acids is 1. The molecule has 104 valence electrons. The fraction of sp³-hybridized carbons (Fsp3) is 0.143. The van der Waals surface area contributed by atoms with Crippen LogP contribution in [0.1, 0.15) is 21.7 Å². The van der Waals surface area contributed by atoms with E-state index in [1.54, 1.807) is 12.1 Å². The lowest BCUT2D eigenvalue weighted by Gasteiger charge is -2.10. The Hall–Kier alpha value is -2.21. The van der Waals surface area contributed by atoms with Crippen molar-refractivity contribution in [3.63, 3.8) is 0 Å². The number of aryl methyl sites for hydroxylation is 1.